The molecule has 0 bridgehead atoms. The quantitative estimate of drug-likeness (QED) is 0.807. The summed E-state index contributed by atoms with van der Waals surface area (Å²) >= 11 is 6.41. The molecule has 3 rings (SSSR count). The number of aromatic nitrogens is 1. The SMILES string of the molecule is NC1CCC(NCc2[nH]c3ccccc3c2Cl)CC1. The molecule has 0 radical (unpaired) electrons. The second kappa shape index (κ2) is 5.53. The van der Waals surface area contributed by atoms with Crippen LogP contribution in [0, 0.1) is 0 Å². The molecule has 2 aromatic rings. The van der Waals surface area contributed by atoms with Gasteiger partial charge in [0.1, 0.15) is 0 Å². The summed E-state index contributed by atoms with van der Waals surface area (Å²) in [5.41, 5.74) is 8.11. The first-order valence-electron chi connectivity index (χ1n) is 6.98. The van der Waals surface area contributed by atoms with Crippen molar-refractivity contribution >= 4 is 22.5 Å². The van der Waals surface area contributed by atoms with Crippen LogP contribution in [0.4, 0.5) is 0 Å². The van der Waals surface area contributed by atoms with Crippen molar-refractivity contribution < 1.29 is 0 Å². The number of H-pyrrole nitrogens is 1. The van der Waals surface area contributed by atoms with Gasteiger partial charge in [0, 0.05) is 35.2 Å². The van der Waals surface area contributed by atoms with Crippen LogP contribution in [0.5, 0.6) is 0 Å². The minimum atomic E-state index is 0.398. The van der Waals surface area contributed by atoms with Crippen LogP contribution in [0.2, 0.25) is 5.02 Å². The molecule has 0 spiro atoms. The lowest BCUT2D eigenvalue weighted by Crippen LogP contribution is -2.37. The number of hydrogen-bond donors (Lipinski definition) is 3. The van der Waals surface area contributed by atoms with Crippen LogP contribution in [-0.2, 0) is 6.54 Å². The summed E-state index contributed by atoms with van der Waals surface area (Å²) in [6.07, 6.45) is 4.58. The normalized spacial score (nSPS) is 23.9. The number of rotatable bonds is 3. The Balaban J connectivity index is 1.67. The third-order valence-electron chi connectivity index (χ3n) is 4.05. The van der Waals surface area contributed by atoms with Gasteiger partial charge in [-0.1, -0.05) is 29.8 Å². The first-order valence-corrected chi connectivity index (χ1v) is 7.36. The van der Waals surface area contributed by atoms with Gasteiger partial charge in [-0.15, -0.1) is 0 Å². The molecule has 0 atom stereocenters. The average molecular weight is 278 g/mol. The van der Waals surface area contributed by atoms with E-state index in [1.165, 1.54) is 12.8 Å². The fraction of sp³-hybridized carbons (Fsp3) is 0.467. The average Bonchev–Trinajstić information content (AvgIpc) is 2.76. The predicted octanol–water partition coefficient (Wildman–Crippen LogP) is 3.18. The fourth-order valence-corrected chi connectivity index (χ4v) is 3.13. The van der Waals surface area contributed by atoms with E-state index in [1.807, 2.05) is 12.1 Å². The van der Waals surface area contributed by atoms with Crippen LogP contribution in [0.3, 0.4) is 0 Å². The van der Waals surface area contributed by atoms with Gasteiger partial charge in [-0.3, -0.25) is 0 Å². The molecular formula is C15H20ClN3. The van der Waals surface area contributed by atoms with Gasteiger partial charge < -0.3 is 16.0 Å². The zero-order valence-corrected chi connectivity index (χ0v) is 11.7. The number of nitrogens with two attached hydrogens (primary N) is 1. The summed E-state index contributed by atoms with van der Waals surface area (Å²) in [6.45, 7) is 0.799. The number of para-hydroxylation sites is 1. The predicted molar refractivity (Wildman–Crippen MR) is 80.4 cm³/mol. The maximum absolute atomic E-state index is 6.41. The monoisotopic (exact) mass is 277 g/mol. The Bertz CT molecular complexity index is 556. The minimum Gasteiger partial charge on any atom is -0.356 e. The van der Waals surface area contributed by atoms with Crippen molar-refractivity contribution in [3.63, 3.8) is 0 Å². The number of benzene rings is 1. The standard InChI is InChI=1S/C15H20ClN3/c16-15-12-3-1-2-4-13(12)19-14(15)9-18-11-7-5-10(17)6-8-11/h1-4,10-11,18-19H,5-9,17H2. The number of nitrogens with one attached hydrogen (secondary N) is 2. The highest BCUT2D eigenvalue weighted by atomic mass is 35.5. The summed E-state index contributed by atoms with van der Waals surface area (Å²) < 4.78 is 0. The third-order valence-corrected chi connectivity index (χ3v) is 4.49. The number of hydrogen-bond acceptors (Lipinski definition) is 2. The second-order valence-electron chi connectivity index (χ2n) is 5.46. The smallest absolute Gasteiger partial charge is 0.0705 e. The van der Waals surface area contributed by atoms with Gasteiger partial charge in [-0.25, -0.2) is 0 Å². The molecule has 102 valence electrons. The van der Waals surface area contributed by atoms with Crippen LogP contribution < -0.4 is 11.1 Å². The molecule has 19 heavy (non-hydrogen) atoms. The second-order valence-corrected chi connectivity index (χ2v) is 5.83. The molecule has 3 nitrogen and oxygen atoms in total. The molecule has 0 aliphatic heterocycles. The fourth-order valence-electron chi connectivity index (χ4n) is 2.86. The van der Waals surface area contributed by atoms with E-state index in [2.05, 4.69) is 22.4 Å². The van der Waals surface area contributed by atoms with Crippen LogP contribution in [0.25, 0.3) is 10.9 Å². The van der Waals surface area contributed by atoms with Gasteiger partial charge in [0.05, 0.1) is 5.02 Å². The largest absolute Gasteiger partial charge is 0.356 e. The van der Waals surface area contributed by atoms with E-state index in [0.717, 1.165) is 41.0 Å². The molecule has 0 amide bonds. The van der Waals surface area contributed by atoms with E-state index < -0.39 is 0 Å². The van der Waals surface area contributed by atoms with E-state index in [1.54, 1.807) is 0 Å². The van der Waals surface area contributed by atoms with Crippen LogP contribution in [0.15, 0.2) is 24.3 Å². The van der Waals surface area contributed by atoms with E-state index in [4.69, 9.17) is 17.3 Å². The van der Waals surface area contributed by atoms with Crippen molar-refractivity contribution in [3.05, 3.63) is 35.0 Å². The Labute approximate surface area is 118 Å². The van der Waals surface area contributed by atoms with Crippen LogP contribution >= 0.6 is 11.6 Å². The lowest BCUT2D eigenvalue weighted by Gasteiger charge is -2.26. The molecule has 4 N–H and O–H groups in total. The van der Waals surface area contributed by atoms with Crippen molar-refractivity contribution in [3.8, 4) is 0 Å². The molecule has 1 aliphatic rings. The Hall–Kier alpha value is -1.03. The zero-order valence-electron chi connectivity index (χ0n) is 11.0. The number of aromatic amines is 1. The van der Waals surface area contributed by atoms with Crippen molar-refractivity contribution in [2.24, 2.45) is 5.73 Å². The molecule has 1 aromatic heterocycles. The highest BCUT2D eigenvalue weighted by molar-refractivity contribution is 6.36. The molecule has 1 saturated carbocycles. The van der Waals surface area contributed by atoms with Gasteiger partial charge in [0.2, 0.25) is 0 Å². The first kappa shape index (κ1) is 13.0. The van der Waals surface area contributed by atoms with E-state index in [-0.39, 0.29) is 0 Å². The first-order chi connectivity index (χ1) is 9.24. The Morgan fingerprint density at radius 3 is 2.68 bits per heavy atom. The topological polar surface area (TPSA) is 53.8 Å². The maximum atomic E-state index is 6.41. The van der Waals surface area contributed by atoms with Crippen LogP contribution in [-0.4, -0.2) is 17.1 Å². The van der Waals surface area contributed by atoms with Crippen molar-refractivity contribution in [2.45, 2.75) is 44.3 Å². The van der Waals surface area contributed by atoms with Crippen molar-refractivity contribution in [1.29, 1.82) is 0 Å². The maximum Gasteiger partial charge on any atom is 0.0705 e. The highest BCUT2D eigenvalue weighted by Crippen LogP contribution is 2.27. The van der Waals surface area contributed by atoms with E-state index >= 15 is 0 Å². The number of fused-ring (bicyclic) bond motifs is 1. The molecule has 4 heteroatoms. The Morgan fingerprint density at radius 2 is 1.95 bits per heavy atom. The van der Waals surface area contributed by atoms with E-state index in [0.29, 0.717) is 12.1 Å². The van der Waals surface area contributed by atoms with E-state index in [9.17, 15) is 0 Å². The summed E-state index contributed by atoms with van der Waals surface area (Å²) in [5.74, 6) is 0. The summed E-state index contributed by atoms with van der Waals surface area (Å²) in [7, 11) is 0. The van der Waals surface area contributed by atoms with Gasteiger partial charge in [-0.2, -0.15) is 0 Å². The number of halogens is 1. The van der Waals surface area contributed by atoms with Gasteiger partial charge >= 0.3 is 0 Å². The molecule has 0 unspecified atom stereocenters. The van der Waals surface area contributed by atoms with Crippen LogP contribution in [0.1, 0.15) is 31.4 Å². The molecular weight excluding hydrogens is 258 g/mol. The lowest BCUT2D eigenvalue weighted by atomic mass is 9.92. The highest BCUT2D eigenvalue weighted by Gasteiger charge is 2.18. The van der Waals surface area contributed by atoms with Crippen molar-refractivity contribution in [1.82, 2.24) is 10.3 Å². The van der Waals surface area contributed by atoms with Gasteiger partial charge in [-0.05, 0) is 31.7 Å². The van der Waals surface area contributed by atoms with Gasteiger partial charge in [0.15, 0.2) is 0 Å². The van der Waals surface area contributed by atoms with Crippen molar-refractivity contribution in [2.75, 3.05) is 0 Å². The Kier molecular flexibility index (Phi) is 3.78. The summed E-state index contributed by atoms with van der Waals surface area (Å²) in [6, 6.07) is 9.12. The summed E-state index contributed by atoms with van der Waals surface area (Å²) in [4.78, 5) is 3.39. The third kappa shape index (κ3) is 2.78. The zero-order chi connectivity index (χ0) is 13.2. The molecule has 1 fully saturated rings. The molecule has 1 heterocycles. The van der Waals surface area contributed by atoms with Gasteiger partial charge in [0.25, 0.3) is 0 Å². The summed E-state index contributed by atoms with van der Waals surface area (Å²) in [5, 5.41) is 5.54. The molecule has 1 aliphatic carbocycles. The molecule has 1 aromatic carbocycles. The lowest BCUT2D eigenvalue weighted by molar-refractivity contribution is 0.341. The minimum absolute atomic E-state index is 0.398. The Morgan fingerprint density at radius 1 is 1.21 bits per heavy atom. The molecule has 0 saturated heterocycles.